The number of hydrogen-bond donors (Lipinski definition) is 3. The topological polar surface area (TPSA) is 237 Å². The Bertz CT molecular complexity index is 1730. The molecule has 88 heavy (non-hydrogen) atoms. The van der Waals surface area contributed by atoms with Gasteiger partial charge in [-0.3, -0.25) is 37.3 Å². The van der Waals surface area contributed by atoms with E-state index in [1.807, 2.05) is 0 Å². The Labute approximate surface area is 537 Å². The molecule has 0 heterocycles. The van der Waals surface area contributed by atoms with Crippen molar-refractivity contribution in [2.45, 2.75) is 362 Å². The fourth-order valence-electron chi connectivity index (χ4n) is 10.4. The van der Waals surface area contributed by atoms with E-state index in [2.05, 4.69) is 48.5 Å². The fourth-order valence-corrected chi connectivity index (χ4v) is 11.9. The lowest BCUT2D eigenvalue weighted by molar-refractivity contribution is -0.161. The molecule has 0 saturated heterocycles. The first-order chi connectivity index (χ1) is 42.2. The van der Waals surface area contributed by atoms with E-state index in [1.165, 1.54) is 154 Å². The smallest absolute Gasteiger partial charge is 0.462 e. The van der Waals surface area contributed by atoms with Crippen LogP contribution in [0.5, 0.6) is 0 Å². The van der Waals surface area contributed by atoms with Gasteiger partial charge in [-0.15, -0.1) is 0 Å². The predicted molar refractivity (Wildman–Crippen MR) is 354 cm³/mol. The summed E-state index contributed by atoms with van der Waals surface area (Å²) in [5.41, 5.74) is 0. The quantitative estimate of drug-likeness (QED) is 0.0222. The molecular formula is C69H134O17P2. The SMILES string of the molecule is CCCCCCCCCCCC(=O)OC[C@H](COP(=O)(O)OC[C@H](O)COP(=O)(O)OC[C@@H](COC(=O)CCCCCCCCCCCCC(C)C)OC(=O)CCCCCCCCCCCCCCCCC(C)C)OC(=O)CCCCCCCCC(C)C. The molecule has 0 aliphatic heterocycles. The summed E-state index contributed by atoms with van der Waals surface area (Å²) in [5, 5.41) is 10.6. The second-order valence-corrected chi connectivity index (χ2v) is 29.3. The summed E-state index contributed by atoms with van der Waals surface area (Å²) >= 11 is 0. The molecular weight excluding hydrogens is 1160 g/mol. The number of carbonyl (C=O) groups excluding carboxylic acids is 4. The van der Waals surface area contributed by atoms with Gasteiger partial charge in [0.25, 0.3) is 0 Å². The first-order valence-corrected chi connectivity index (χ1v) is 38.8. The van der Waals surface area contributed by atoms with Crippen molar-refractivity contribution in [3.8, 4) is 0 Å². The van der Waals surface area contributed by atoms with Crippen molar-refractivity contribution in [3.63, 3.8) is 0 Å². The molecule has 0 bridgehead atoms. The second-order valence-electron chi connectivity index (χ2n) is 26.3. The Balaban J connectivity index is 5.22. The molecule has 0 rings (SSSR count). The van der Waals surface area contributed by atoms with Gasteiger partial charge >= 0.3 is 39.5 Å². The monoisotopic (exact) mass is 1300 g/mol. The summed E-state index contributed by atoms with van der Waals surface area (Å²) in [6.45, 7) is 11.7. The lowest BCUT2D eigenvalue weighted by Crippen LogP contribution is -2.30. The molecule has 0 aromatic carbocycles. The normalized spacial score (nSPS) is 14.2. The summed E-state index contributed by atoms with van der Waals surface area (Å²) in [5.74, 6) is 0.0904. The highest BCUT2D eigenvalue weighted by atomic mass is 31.2. The van der Waals surface area contributed by atoms with E-state index in [9.17, 15) is 43.2 Å². The third-order valence-corrected chi connectivity index (χ3v) is 17.8. The van der Waals surface area contributed by atoms with Crippen molar-refractivity contribution in [2.24, 2.45) is 17.8 Å². The van der Waals surface area contributed by atoms with Crippen LogP contribution in [0, 0.1) is 17.8 Å². The molecule has 0 aliphatic rings. The van der Waals surface area contributed by atoms with Crippen molar-refractivity contribution in [2.75, 3.05) is 39.6 Å². The average molecular weight is 1300 g/mol. The van der Waals surface area contributed by atoms with Crippen LogP contribution in [0.25, 0.3) is 0 Å². The van der Waals surface area contributed by atoms with Crippen LogP contribution in [0.2, 0.25) is 0 Å². The highest BCUT2D eigenvalue weighted by Gasteiger charge is 2.30. The number of aliphatic hydroxyl groups excluding tert-OH is 1. The zero-order valence-corrected chi connectivity index (χ0v) is 59.0. The van der Waals surface area contributed by atoms with Crippen molar-refractivity contribution >= 4 is 39.5 Å². The van der Waals surface area contributed by atoms with Crippen molar-refractivity contribution in [1.29, 1.82) is 0 Å². The maximum atomic E-state index is 13.0. The molecule has 2 unspecified atom stereocenters. The zero-order chi connectivity index (χ0) is 65.2. The Morgan fingerprint density at radius 3 is 0.773 bits per heavy atom. The first-order valence-electron chi connectivity index (χ1n) is 35.8. The molecule has 0 saturated carbocycles. The number of hydrogen-bond acceptors (Lipinski definition) is 15. The van der Waals surface area contributed by atoms with Crippen LogP contribution in [0.15, 0.2) is 0 Å². The van der Waals surface area contributed by atoms with Crippen molar-refractivity contribution in [1.82, 2.24) is 0 Å². The maximum Gasteiger partial charge on any atom is 0.472 e. The lowest BCUT2D eigenvalue weighted by atomic mass is 10.0. The summed E-state index contributed by atoms with van der Waals surface area (Å²) in [6, 6.07) is 0. The number of phosphoric ester groups is 2. The summed E-state index contributed by atoms with van der Waals surface area (Å²) in [7, 11) is -9.90. The molecule has 0 spiro atoms. The van der Waals surface area contributed by atoms with Gasteiger partial charge in [0.05, 0.1) is 26.4 Å². The predicted octanol–water partition coefficient (Wildman–Crippen LogP) is 19.5. The van der Waals surface area contributed by atoms with Crippen LogP contribution in [0.4, 0.5) is 0 Å². The third kappa shape index (κ3) is 62.8. The standard InChI is InChI=1S/C69H134O17P2/c1-8-9-10-11-12-21-28-36-43-50-66(71)79-57-65(86-69(74)53-46-39-32-31-35-42-49-62(6)7)59-84-88(77,78)82-55-63(70)54-81-87(75,76)83-58-64(56-80-67(72)51-44-37-29-24-20-19-23-27-34-41-48-61(4)5)85-68(73)52-45-38-30-25-18-16-14-13-15-17-22-26-33-40-47-60(2)3/h60-65,70H,8-59H2,1-7H3,(H,75,76)(H,77,78)/t63-,64-,65-/m1/s1. The number of unbranched alkanes of at least 4 members (excludes halogenated alkanes) is 35. The van der Waals surface area contributed by atoms with E-state index in [1.54, 1.807) is 0 Å². The molecule has 522 valence electrons. The van der Waals surface area contributed by atoms with E-state index in [-0.39, 0.29) is 25.7 Å². The number of ether oxygens (including phenoxy) is 4. The largest absolute Gasteiger partial charge is 0.472 e. The lowest BCUT2D eigenvalue weighted by Gasteiger charge is -2.21. The van der Waals surface area contributed by atoms with Gasteiger partial charge in [0, 0.05) is 25.7 Å². The number of phosphoric acid groups is 2. The minimum absolute atomic E-state index is 0.102. The van der Waals surface area contributed by atoms with Crippen LogP contribution in [0.1, 0.15) is 344 Å². The second kappa shape index (κ2) is 60.0. The fraction of sp³-hybridized carbons (Fsp3) is 0.942. The molecule has 5 atom stereocenters. The Morgan fingerprint density at radius 1 is 0.307 bits per heavy atom. The minimum Gasteiger partial charge on any atom is -0.462 e. The van der Waals surface area contributed by atoms with Crippen molar-refractivity contribution in [3.05, 3.63) is 0 Å². The molecule has 0 fully saturated rings. The van der Waals surface area contributed by atoms with E-state index < -0.39 is 97.5 Å². The van der Waals surface area contributed by atoms with Crippen LogP contribution in [0.3, 0.4) is 0 Å². The molecule has 3 N–H and O–H groups in total. The van der Waals surface area contributed by atoms with Crippen LogP contribution < -0.4 is 0 Å². The molecule has 17 nitrogen and oxygen atoms in total. The van der Waals surface area contributed by atoms with E-state index in [0.717, 1.165) is 102 Å². The molecule has 0 aliphatic carbocycles. The minimum atomic E-state index is -4.95. The van der Waals surface area contributed by atoms with Gasteiger partial charge in [0.15, 0.2) is 12.2 Å². The molecule has 19 heteroatoms. The molecule has 0 aromatic rings. The number of rotatable bonds is 67. The van der Waals surface area contributed by atoms with Gasteiger partial charge in [0.1, 0.15) is 19.3 Å². The number of carbonyl (C=O) groups is 4. The van der Waals surface area contributed by atoms with Gasteiger partial charge < -0.3 is 33.8 Å². The summed E-state index contributed by atoms with van der Waals surface area (Å²) < 4.78 is 68.2. The maximum absolute atomic E-state index is 13.0. The van der Waals surface area contributed by atoms with Gasteiger partial charge in [-0.1, -0.05) is 292 Å². The first kappa shape index (κ1) is 86.1. The van der Waals surface area contributed by atoms with E-state index >= 15 is 0 Å². The van der Waals surface area contributed by atoms with Gasteiger partial charge in [-0.25, -0.2) is 9.13 Å². The number of esters is 4. The third-order valence-electron chi connectivity index (χ3n) is 15.9. The Kier molecular flexibility index (Phi) is 58.7. The van der Waals surface area contributed by atoms with Crippen LogP contribution in [-0.2, 0) is 65.4 Å². The molecule has 0 aromatic heterocycles. The average Bonchev–Trinajstić information content (AvgIpc) is 3.57. The van der Waals surface area contributed by atoms with Gasteiger partial charge in [-0.2, -0.15) is 0 Å². The Morgan fingerprint density at radius 2 is 0.523 bits per heavy atom. The van der Waals surface area contributed by atoms with Crippen LogP contribution >= 0.6 is 15.6 Å². The van der Waals surface area contributed by atoms with Gasteiger partial charge in [0.2, 0.25) is 0 Å². The van der Waals surface area contributed by atoms with E-state index in [4.69, 9.17) is 37.0 Å². The molecule has 0 radical (unpaired) electrons. The Hall–Kier alpha value is -1.94. The zero-order valence-electron chi connectivity index (χ0n) is 57.2. The van der Waals surface area contributed by atoms with Crippen LogP contribution in [-0.4, -0.2) is 96.7 Å². The summed E-state index contributed by atoms with van der Waals surface area (Å²) in [6.07, 6.45) is 43.2. The molecule has 0 amide bonds. The van der Waals surface area contributed by atoms with E-state index in [0.29, 0.717) is 31.6 Å². The van der Waals surface area contributed by atoms with Gasteiger partial charge in [-0.05, 0) is 43.4 Å². The highest BCUT2D eigenvalue weighted by Crippen LogP contribution is 2.45. The summed E-state index contributed by atoms with van der Waals surface area (Å²) in [4.78, 5) is 72.4. The highest BCUT2D eigenvalue weighted by molar-refractivity contribution is 7.47. The van der Waals surface area contributed by atoms with Crippen molar-refractivity contribution < 1.29 is 80.2 Å². The number of aliphatic hydroxyl groups is 1.